The molecule has 0 saturated carbocycles. The number of amides is 1. The van der Waals surface area contributed by atoms with Crippen LogP contribution in [-0.4, -0.2) is 30.7 Å². The minimum Gasteiger partial charge on any atom is -0.384 e. The molecule has 0 bridgehead atoms. The fourth-order valence-corrected chi connectivity index (χ4v) is 2.38. The van der Waals surface area contributed by atoms with Crippen molar-refractivity contribution in [2.45, 2.75) is 0 Å². The molecule has 8 nitrogen and oxygen atoms in total. The molecular formula is C16H13N7O. The van der Waals surface area contributed by atoms with Crippen molar-refractivity contribution < 1.29 is 4.79 Å². The zero-order valence-electron chi connectivity index (χ0n) is 12.5. The molecule has 0 aliphatic heterocycles. The van der Waals surface area contributed by atoms with E-state index in [4.69, 9.17) is 5.73 Å². The summed E-state index contributed by atoms with van der Waals surface area (Å²) in [6.45, 7) is 0. The lowest BCUT2D eigenvalue weighted by atomic mass is 10.1. The van der Waals surface area contributed by atoms with Crippen molar-refractivity contribution in [2.75, 3.05) is 11.1 Å². The van der Waals surface area contributed by atoms with Crippen molar-refractivity contribution in [3.8, 4) is 11.3 Å². The molecule has 0 atom stereocenters. The molecule has 0 spiro atoms. The molecule has 3 heterocycles. The number of aromatic amines is 1. The third kappa shape index (κ3) is 2.45. The van der Waals surface area contributed by atoms with Gasteiger partial charge in [-0.15, -0.1) is 0 Å². The van der Waals surface area contributed by atoms with Gasteiger partial charge in [-0.25, -0.2) is 9.50 Å². The summed E-state index contributed by atoms with van der Waals surface area (Å²) in [5.74, 6) is 0.388. The number of carbonyl (C=O) groups is 1. The van der Waals surface area contributed by atoms with E-state index in [-0.39, 0.29) is 5.91 Å². The standard InChI is InChI=1S/C16H13N7O/c17-13-6-7-23-15(19-13)11(9-18-23)16(24)20-14-8-12(21-22-14)10-4-2-1-3-5-10/h1-9H,(H2,17,19)(H2,20,21,22,24). The van der Waals surface area contributed by atoms with E-state index in [0.717, 1.165) is 11.3 Å². The maximum Gasteiger partial charge on any atom is 0.262 e. The predicted octanol–water partition coefficient (Wildman–Crippen LogP) is 1.95. The first-order chi connectivity index (χ1) is 11.7. The van der Waals surface area contributed by atoms with Gasteiger partial charge in [0.05, 0.1) is 11.9 Å². The van der Waals surface area contributed by atoms with E-state index in [2.05, 4.69) is 25.6 Å². The normalized spacial score (nSPS) is 10.8. The fraction of sp³-hybridized carbons (Fsp3) is 0. The predicted molar refractivity (Wildman–Crippen MR) is 89.4 cm³/mol. The molecule has 0 unspecified atom stereocenters. The molecular weight excluding hydrogens is 306 g/mol. The Balaban J connectivity index is 1.60. The lowest BCUT2D eigenvalue weighted by Gasteiger charge is -2.00. The molecule has 118 valence electrons. The van der Waals surface area contributed by atoms with E-state index < -0.39 is 0 Å². The topological polar surface area (TPSA) is 114 Å². The number of carbonyl (C=O) groups excluding carboxylic acids is 1. The lowest BCUT2D eigenvalue weighted by Crippen LogP contribution is -2.12. The van der Waals surface area contributed by atoms with Crippen LogP contribution in [0, 0.1) is 0 Å². The van der Waals surface area contributed by atoms with Crippen LogP contribution >= 0.6 is 0 Å². The van der Waals surface area contributed by atoms with Gasteiger partial charge >= 0.3 is 0 Å². The van der Waals surface area contributed by atoms with Gasteiger partial charge in [0, 0.05) is 12.3 Å². The summed E-state index contributed by atoms with van der Waals surface area (Å²) in [5, 5.41) is 13.8. The average Bonchev–Trinajstić information content (AvgIpc) is 3.22. The zero-order valence-corrected chi connectivity index (χ0v) is 12.5. The summed E-state index contributed by atoms with van der Waals surface area (Å²) < 4.78 is 1.49. The Morgan fingerprint density at radius 2 is 2.04 bits per heavy atom. The smallest absolute Gasteiger partial charge is 0.262 e. The van der Waals surface area contributed by atoms with E-state index in [1.165, 1.54) is 10.7 Å². The molecule has 0 aliphatic rings. The minimum atomic E-state index is -0.353. The average molecular weight is 319 g/mol. The Hall–Kier alpha value is -3.68. The van der Waals surface area contributed by atoms with Gasteiger partial charge < -0.3 is 11.1 Å². The van der Waals surface area contributed by atoms with Crippen molar-refractivity contribution in [3.05, 3.63) is 60.4 Å². The van der Waals surface area contributed by atoms with E-state index >= 15 is 0 Å². The summed E-state index contributed by atoms with van der Waals surface area (Å²) in [6, 6.07) is 13.1. The number of hydrogen-bond acceptors (Lipinski definition) is 5. The summed E-state index contributed by atoms with van der Waals surface area (Å²) >= 11 is 0. The highest BCUT2D eigenvalue weighted by molar-refractivity contribution is 6.07. The fourth-order valence-electron chi connectivity index (χ4n) is 2.38. The van der Waals surface area contributed by atoms with Crippen LogP contribution < -0.4 is 11.1 Å². The van der Waals surface area contributed by atoms with Crippen LogP contribution in [0.2, 0.25) is 0 Å². The number of fused-ring (bicyclic) bond motifs is 1. The van der Waals surface area contributed by atoms with Crippen LogP contribution in [0.4, 0.5) is 11.6 Å². The lowest BCUT2D eigenvalue weighted by molar-refractivity contribution is 0.102. The number of aromatic nitrogens is 5. The maximum absolute atomic E-state index is 12.4. The Morgan fingerprint density at radius 3 is 2.88 bits per heavy atom. The first-order valence-corrected chi connectivity index (χ1v) is 7.23. The molecule has 0 saturated heterocycles. The second kappa shape index (κ2) is 5.51. The van der Waals surface area contributed by atoms with Gasteiger partial charge in [-0.1, -0.05) is 30.3 Å². The number of H-pyrrole nitrogens is 1. The molecule has 1 amide bonds. The third-order valence-electron chi connectivity index (χ3n) is 3.54. The molecule has 4 rings (SSSR count). The molecule has 0 fully saturated rings. The monoisotopic (exact) mass is 319 g/mol. The second-order valence-corrected chi connectivity index (χ2v) is 5.17. The Bertz CT molecular complexity index is 1020. The van der Waals surface area contributed by atoms with Gasteiger partial charge in [-0.05, 0) is 11.6 Å². The molecule has 24 heavy (non-hydrogen) atoms. The van der Waals surface area contributed by atoms with Gasteiger partial charge in [0.1, 0.15) is 11.4 Å². The van der Waals surface area contributed by atoms with Crippen molar-refractivity contribution in [1.82, 2.24) is 24.8 Å². The number of anilines is 2. The van der Waals surface area contributed by atoms with Crippen LogP contribution in [0.1, 0.15) is 10.4 Å². The number of hydrogen-bond donors (Lipinski definition) is 3. The van der Waals surface area contributed by atoms with Crippen LogP contribution in [0.5, 0.6) is 0 Å². The first kappa shape index (κ1) is 13.9. The molecule has 4 N–H and O–H groups in total. The summed E-state index contributed by atoms with van der Waals surface area (Å²) in [7, 11) is 0. The minimum absolute atomic E-state index is 0.322. The molecule has 0 aliphatic carbocycles. The molecule has 3 aromatic heterocycles. The third-order valence-corrected chi connectivity index (χ3v) is 3.54. The largest absolute Gasteiger partial charge is 0.384 e. The quantitative estimate of drug-likeness (QED) is 0.534. The number of nitrogens with zero attached hydrogens (tertiary/aromatic N) is 4. The van der Waals surface area contributed by atoms with Crippen LogP contribution in [0.15, 0.2) is 54.9 Å². The van der Waals surface area contributed by atoms with E-state index in [1.807, 2.05) is 30.3 Å². The molecule has 0 radical (unpaired) electrons. The molecule has 8 heteroatoms. The number of nitrogens with one attached hydrogen (secondary N) is 2. The van der Waals surface area contributed by atoms with Crippen molar-refractivity contribution >= 4 is 23.2 Å². The van der Waals surface area contributed by atoms with Crippen molar-refractivity contribution in [2.24, 2.45) is 0 Å². The summed E-state index contributed by atoms with van der Waals surface area (Å²) in [6.07, 6.45) is 3.10. The molecule has 4 aromatic rings. The first-order valence-electron chi connectivity index (χ1n) is 7.23. The highest BCUT2D eigenvalue weighted by atomic mass is 16.1. The molecule has 1 aromatic carbocycles. The van der Waals surface area contributed by atoms with Crippen LogP contribution in [0.3, 0.4) is 0 Å². The van der Waals surface area contributed by atoms with Gasteiger partial charge in [-0.3, -0.25) is 9.89 Å². The number of benzene rings is 1. The summed E-state index contributed by atoms with van der Waals surface area (Å²) in [4.78, 5) is 16.6. The van der Waals surface area contributed by atoms with E-state index in [1.54, 1.807) is 18.3 Å². The number of rotatable bonds is 3. The van der Waals surface area contributed by atoms with Crippen molar-refractivity contribution in [1.29, 1.82) is 0 Å². The van der Waals surface area contributed by atoms with E-state index in [9.17, 15) is 4.79 Å². The number of nitrogen functional groups attached to an aromatic ring is 1. The van der Waals surface area contributed by atoms with Gasteiger partial charge in [-0.2, -0.15) is 10.2 Å². The SMILES string of the molecule is Nc1ccn2ncc(C(=O)Nc3cc(-c4ccccc4)[nH]n3)c2n1. The Kier molecular flexibility index (Phi) is 3.20. The second-order valence-electron chi connectivity index (χ2n) is 5.17. The van der Waals surface area contributed by atoms with E-state index in [0.29, 0.717) is 22.8 Å². The zero-order chi connectivity index (χ0) is 16.5. The van der Waals surface area contributed by atoms with Crippen molar-refractivity contribution in [3.63, 3.8) is 0 Å². The Morgan fingerprint density at radius 1 is 1.21 bits per heavy atom. The summed E-state index contributed by atoms with van der Waals surface area (Å²) in [5.41, 5.74) is 8.19. The van der Waals surface area contributed by atoms with Crippen LogP contribution in [0.25, 0.3) is 16.9 Å². The maximum atomic E-state index is 12.4. The number of nitrogens with two attached hydrogens (primary N) is 1. The Labute approximate surface area is 136 Å². The highest BCUT2D eigenvalue weighted by Gasteiger charge is 2.15. The van der Waals surface area contributed by atoms with Gasteiger partial charge in [0.15, 0.2) is 11.5 Å². The van der Waals surface area contributed by atoms with Gasteiger partial charge in [0.25, 0.3) is 5.91 Å². The van der Waals surface area contributed by atoms with Gasteiger partial charge in [0.2, 0.25) is 0 Å². The highest BCUT2D eigenvalue weighted by Crippen LogP contribution is 2.20. The van der Waals surface area contributed by atoms with Crippen LogP contribution in [-0.2, 0) is 0 Å².